The molecule has 2 nitrogen and oxygen atoms in total. The van der Waals surface area contributed by atoms with Gasteiger partial charge < -0.3 is 10.6 Å². The van der Waals surface area contributed by atoms with E-state index in [0.29, 0.717) is 6.54 Å². The Morgan fingerprint density at radius 2 is 1.42 bits per heavy atom. The van der Waals surface area contributed by atoms with Gasteiger partial charge >= 0.3 is 0 Å². The Hall–Kier alpha value is -1.94. The molecule has 0 amide bonds. The molecule has 0 fully saturated rings. The number of hydrogen-bond acceptors (Lipinski definition) is 2. The molecule has 4 heteroatoms. The second-order valence-corrected chi connectivity index (χ2v) is 4.51. The molecule has 19 heavy (non-hydrogen) atoms. The maximum Gasteiger partial charge on any atom is 0.123 e. The minimum absolute atomic E-state index is 0.226. The van der Waals surface area contributed by atoms with E-state index < -0.39 is 0 Å². The van der Waals surface area contributed by atoms with E-state index in [9.17, 15) is 8.78 Å². The molecule has 0 aromatic heterocycles. The molecule has 2 aromatic carbocycles. The van der Waals surface area contributed by atoms with E-state index in [1.54, 1.807) is 24.3 Å². The van der Waals surface area contributed by atoms with E-state index in [1.807, 2.05) is 11.9 Å². The van der Waals surface area contributed by atoms with Crippen LogP contribution in [0, 0.1) is 11.6 Å². The van der Waals surface area contributed by atoms with Crippen LogP contribution in [0.4, 0.5) is 14.5 Å². The molecule has 0 aliphatic heterocycles. The molecule has 0 aliphatic carbocycles. The smallest absolute Gasteiger partial charge is 0.123 e. The third-order valence-electron chi connectivity index (χ3n) is 3.04. The number of rotatable bonds is 4. The summed E-state index contributed by atoms with van der Waals surface area (Å²) in [6.45, 7) is 0.567. The Labute approximate surface area is 111 Å². The van der Waals surface area contributed by atoms with Gasteiger partial charge in [0, 0.05) is 25.3 Å². The molecule has 2 aromatic rings. The standard InChI is InChI=1S/C15H16F2N2/c1-19(14-8-6-13(17)7-9-14)10-15(18)11-2-4-12(16)5-3-11/h2-9,15H,10,18H2,1H3. The maximum atomic E-state index is 12.8. The van der Waals surface area contributed by atoms with Crippen molar-refractivity contribution in [2.24, 2.45) is 5.73 Å². The zero-order valence-corrected chi connectivity index (χ0v) is 10.7. The lowest BCUT2D eigenvalue weighted by molar-refractivity contribution is 0.624. The molecule has 100 valence electrons. The number of nitrogens with two attached hydrogens (primary N) is 1. The molecule has 0 radical (unpaired) electrons. The van der Waals surface area contributed by atoms with Crippen molar-refractivity contribution in [2.75, 3.05) is 18.5 Å². The van der Waals surface area contributed by atoms with Crippen molar-refractivity contribution >= 4 is 5.69 Å². The average Bonchev–Trinajstić information content (AvgIpc) is 2.40. The molecular formula is C15H16F2N2. The van der Waals surface area contributed by atoms with E-state index in [1.165, 1.54) is 24.3 Å². The van der Waals surface area contributed by atoms with Crippen molar-refractivity contribution in [3.8, 4) is 0 Å². The van der Waals surface area contributed by atoms with Crippen LogP contribution in [0.3, 0.4) is 0 Å². The van der Waals surface area contributed by atoms with Gasteiger partial charge in [0.05, 0.1) is 0 Å². The maximum absolute atomic E-state index is 12.8. The van der Waals surface area contributed by atoms with Crippen molar-refractivity contribution < 1.29 is 8.78 Å². The quantitative estimate of drug-likeness (QED) is 0.917. The van der Waals surface area contributed by atoms with Gasteiger partial charge in [-0.25, -0.2) is 8.78 Å². The Morgan fingerprint density at radius 3 is 1.95 bits per heavy atom. The number of likely N-dealkylation sites (N-methyl/N-ethyl adjacent to an activating group) is 1. The van der Waals surface area contributed by atoms with Crippen molar-refractivity contribution in [1.29, 1.82) is 0 Å². The fourth-order valence-corrected chi connectivity index (χ4v) is 1.91. The van der Waals surface area contributed by atoms with Gasteiger partial charge in [-0.3, -0.25) is 0 Å². The van der Waals surface area contributed by atoms with Crippen molar-refractivity contribution in [3.05, 3.63) is 65.7 Å². The highest BCUT2D eigenvalue weighted by Gasteiger charge is 2.10. The van der Waals surface area contributed by atoms with Crippen LogP contribution in [0.15, 0.2) is 48.5 Å². The predicted molar refractivity (Wildman–Crippen MR) is 73.0 cm³/mol. The summed E-state index contributed by atoms with van der Waals surface area (Å²) in [7, 11) is 1.89. The van der Waals surface area contributed by atoms with Crippen molar-refractivity contribution in [3.63, 3.8) is 0 Å². The fraction of sp³-hybridized carbons (Fsp3) is 0.200. The first-order valence-corrected chi connectivity index (χ1v) is 6.04. The van der Waals surface area contributed by atoms with E-state index in [2.05, 4.69) is 0 Å². The van der Waals surface area contributed by atoms with Crippen LogP contribution in [-0.2, 0) is 0 Å². The molecule has 0 spiro atoms. The van der Waals surface area contributed by atoms with E-state index in [4.69, 9.17) is 5.73 Å². The van der Waals surface area contributed by atoms with E-state index >= 15 is 0 Å². The summed E-state index contributed by atoms with van der Waals surface area (Å²) >= 11 is 0. The summed E-state index contributed by atoms with van der Waals surface area (Å²) < 4.78 is 25.7. The third-order valence-corrected chi connectivity index (χ3v) is 3.04. The number of anilines is 1. The number of halogens is 2. The molecule has 0 saturated carbocycles. The molecule has 0 bridgehead atoms. The monoisotopic (exact) mass is 262 g/mol. The molecule has 0 saturated heterocycles. The van der Waals surface area contributed by atoms with Crippen LogP contribution in [0.25, 0.3) is 0 Å². The molecular weight excluding hydrogens is 246 g/mol. The van der Waals surface area contributed by atoms with Crippen LogP contribution >= 0.6 is 0 Å². The number of nitrogens with zero attached hydrogens (tertiary/aromatic N) is 1. The summed E-state index contributed by atoms with van der Waals surface area (Å²) in [6, 6.07) is 12.1. The van der Waals surface area contributed by atoms with Crippen LogP contribution in [-0.4, -0.2) is 13.6 Å². The first kappa shape index (κ1) is 13.5. The molecule has 2 N–H and O–H groups in total. The van der Waals surface area contributed by atoms with Crippen molar-refractivity contribution in [1.82, 2.24) is 0 Å². The van der Waals surface area contributed by atoms with Gasteiger partial charge in [-0.15, -0.1) is 0 Å². The van der Waals surface area contributed by atoms with Crippen molar-refractivity contribution in [2.45, 2.75) is 6.04 Å². The Morgan fingerprint density at radius 1 is 0.947 bits per heavy atom. The predicted octanol–water partition coefficient (Wildman–Crippen LogP) is 3.10. The summed E-state index contributed by atoms with van der Waals surface area (Å²) in [5, 5.41) is 0. The lowest BCUT2D eigenvalue weighted by atomic mass is 10.1. The first-order chi connectivity index (χ1) is 9.06. The molecule has 1 unspecified atom stereocenters. The molecule has 1 atom stereocenters. The third kappa shape index (κ3) is 3.51. The van der Waals surface area contributed by atoms with Gasteiger partial charge in [0.25, 0.3) is 0 Å². The summed E-state index contributed by atoms with van der Waals surface area (Å²) in [4.78, 5) is 1.94. The van der Waals surface area contributed by atoms with Gasteiger partial charge in [0.1, 0.15) is 11.6 Å². The van der Waals surface area contributed by atoms with Crippen LogP contribution < -0.4 is 10.6 Å². The number of hydrogen-bond donors (Lipinski definition) is 1. The van der Waals surface area contributed by atoms with Crippen LogP contribution in [0.5, 0.6) is 0 Å². The molecule has 2 rings (SSSR count). The van der Waals surface area contributed by atoms with E-state index in [0.717, 1.165) is 11.3 Å². The second-order valence-electron chi connectivity index (χ2n) is 4.51. The normalized spacial score (nSPS) is 12.2. The highest BCUT2D eigenvalue weighted by Crippen LogP contribution is 2.17. The summed E-state index contributed by atoms with van der Waals surface area (Å²) in [5.74, 6) is -0.539. The zero-order valence-electron chi connectivity index (χ0n) is 10.7. The Bertz CT molecular complexity index is 473. The summed E-state index contributed by atoms with van der Waals surface area (Å²) in [5.41, 5.74) is 7.83. The highest BCUT2D eigenvalue weighted by molar-refractivity contribution is 5.45. The van der Waals surface area contributed by atoms with Gasteiger partial charge in [0.2, 0.25) is 0 Å². The van der Waals surface area contributed by atoms with Crippen LogP contribution in [0.1, 0.15) is 11.6 Å². The largest absolute Gasteiger partial charge is 0.373 e. The van der Waals surface area contributed by atoms with Gasteiger partial charge in [-0.1, -0.05) is 12.1 Å². The summed E-state index contributed by atoms with van der Waals surface area (Å²) in [6.07, 6.45) is 0. The SMILES string of the molecule is CN(CC(N)c1ccc(F)cc1)c1ccc(F)cc1. The topological polar surface area (TPSA) is 29.3 Å². The molecule has 0 heterocycles. The van der Waals surface area contributed by atoms with Gasteiger partial charge in [0.15, 0.2) is 0 Å². The number of benzene rings is 2. The Kier molecular flexibility index (Phi) is 4.12. The highest BCUT2D eigenvalue weighted by atomic mass is 19.1. The fourth-order valence-electron chi connectivity index (χ4n) is 1.91. The first-order valence-electron chi connectivity index (χ1n) is 6.04. The Balaban J connectivity index is 2.03. The average molecular weight is 262 g/mol. The van der Waals surface area contributed by atoms with Gasteiger partial charge in [-0.05, 0) is 42.0 Å². The van der Waals surface area contributed by atoms with E-state index in [-0.39, 0.29) is 17.7 Å². The minimum Gasteiger partial charge on any atom is -0.373 e. The van der Waals surface area contributed by atoms with Crippen LogP contribution in [0.2, 0.25) is 0 Å². The lowest BCUT2D eigenvalue weighted by Gasteiger charge is -2.23. The van der Waals surface area contributed by atoms with Gasteiger partial charge in [-0.2, -0.15) is 0 Å². The minimum atomic E-state index is -0.275. The lowest BCUT2D eigenvalue weighted by Crippen LogP contribution is -2.28. The molecule has 0 aliphatic rings. The second kappa shape index (κ2) is 5.80. The zero-order chi connectivity index (χ0) is 13.8.